The molecule has 17 nitrogen and oxygen atoms in total. The van der Waals surface area contributed by atoms with Crippen molar-refractivity contribution in [2.75, 3.05) is 39.6 Å². The van der Waals surface area contributed by atoms with E-state index in [1.807, 2.05) is 0 Å². The van der Waals surface area contributed by atoms with Crippen LogP contribution in [0.15, 0.2) is 0 Å². The molecule has 19 heteroatoms. The molecule has 0 saturated carbocycles. The lowest BCUT2D eigenvalue weighted by Crippen LogP contribution is -2.30. The molecule has 0 fully saturated rings. The highest BCUT2D eigenvalue weighted by Gasteiger charge is 2.30. The minimum atomic E-state index is -4.95. The predicted octanol–water partition coefficient (Wildman–Crippen LogP) is 19.4. The number of phosphoric acid groups is 2. The summed E-state index contributed by atoms with van der Waals surface area (Å²) in [6.07, 6.45) is 47.1. The monoisotopic (exact) mass is 1280 g/mol. The highest BCUT2D eigenvalue weighted by molar-refractivity contribution is 7.47. The van der Waals surface area contributed by atoms with Crippen molar-refractivity contribution >= 4 is 39.5 Å². The fourth-order valence-electron chi connectivity index (χ4n) is 10.3. The van der Waals surface area contributed by atoms with Gasteiger partial charge in [-0.2, -0.15) is 0 Å². The molecule has 0 saturated heterocycles. The molecule has 0 spiro atoms. The third kappa shape index (κ3) is 62.6. The molecule has 0 aromatic carbocycles. The molecule has 0 amide bonds. The first kappa shape index (κ1) is 85.1. The molecule has 3 N–H and O–H groups in total. The largest absolute Gasteiger partial charge is 0.472 e. The zero-order chi connectivity index (χ0) is 64.2. The Morgan fingerprint density at radius 1 is 0.310 bits per heavy atom. The van der Waals surface area contributed by atoms with E-state index in [-0.39, 0.29) is 25.7 Å². The van der Waals surface area contributed by atoms with Gasteiger partial charge >= 0.3 is 39.5 Å². The molecule has 0 aromatic rings. The van der Waals surface area contributed by atoms with E-state index in [2.05, 4.69) is 34.6 Å². The van der Waals surface area contributed by atoms with Gasteiger partial charge in [0.05, 0.1) is 26.4 Å². The summed E-state index contributed by atoms with van der Waals surface area (Å²) in [5.41, 5.74) is 0. The average Bonchev–Trinajstić information content (AvgIpc) is 3.49. The van der Waals surface area contributed by atoms with Crippen molar-refractivity contribution in [3.63, 3.8) is 0 Å². The number of phosphoric ester groups is 2. The van der Waals surface area contributed by atoms with Crippen LogP contribution in [0.5, 0.6) is 0 Å². The molecule has 5 atom stereocenters. The number of ether oxygens (including phenoxy) is 4. The molecule has 0 bridgehead atoms. The Hall–Kier alpha value is -1.94. The van der Waals surface area contributed by atoms with E-state index in [1.165, 1.54) is 173 Å². The molecule has 516 valence electrons. The van der Waals surface area contributed by atoms with Gasteiger partial charge in [0.25, 0.3) is 0 Å². The van der Waals surface area contributed by atoms with Gasteiger partial charge in [-0.05, 0) is 31.6 Å². The van der Waals surface area contributed by atoms with Crippen LogP contribution in [0.4, 0.5) is 0 Å². The molecular formula is C68H132O17P2. The molecule has 87 heavy (non-hydrogen) atoms. The van der Waals surface area contributed by atoms with Crippen molar-refractivity contribution in [2.24, 2.45) is 5.92 Å². The topological polar surface area (TPSA) is 237 Å². The van der Waals surface area contributed by atoms with Gasteiger partial charge < -0.3 is 33.8 Å². The summed E-state index contributed by atoms with van der Waals surface area (Å²) in [7, 11) is -9.89. The molecule has 0 aliphatic carbocycles. The maximum absolute atomic E-state index is 13.0. The van der Waals surface area contributed by atoms with Crippen LogP contribution in [-0.2, 0) is 65.4 Å². The maximum atomic E-state index is 13.0. The fourth-order valence-corrected chi connectivity index (χ4v) is 11.9. The fraction of sp³-hybridized carbons (Fsp3) is 0.941. The summed E-state index contributed by atoms with van der Waals surface area (Å²) in [4.78, 5) is 72.3. The number of hydrogen-bond acceptors (Lipinski definition) is 15. The van der Waals surface area contributed by atoms with Gasteiger partial charge in [-0.25, -0.2) is 9.13 Å². The van der Waals surface area contributed by atoms with Gasteiger partial charge in [0, 0.05) is 25.7 Å². The van der Waals surface area contributed by atoms with Crippen molar-refractivity contribution in [2.45, 2.75) is 368 Å². The molecular weight excluding hydrogens is 1150 g/mol. The molecule has 0 aliphatic rings. The van der Waals surface area contributed by atoms with Crippen LogP contribution in [0.25, 0.3) is 0 Å². The van der Waals surface area contributed by atoms with Crippen molar-refractivity contribution in [1.82, 2.24) is 0 Å². The van der Waals surface area contributed by atoms with Crippen LogP contribution in [0.1, 0.15) is 349 Å². The van der Waals surface area contributed by atoms with Crippen LogP contribution < -0.4 is 0 Å². The lowest BCUT2D eigenvalue weighted by molar-refractivity contribution is -0.161. The number of carbonyl (C=O) groups is 4. The highest BCUT2D eigenvalue weighted by atomic mass is 31.2. The van der Waals surface area contributed by atoms with E-state index in [9.17, 15) is 43.2 Å². The van der Waals surface area contributed by atoms with Crippen LogP contribution in [-0.4, -0.2) is 96.7 Å². The summed E-state index contributed by atoms with van der Waals surface area (Å²) in [6.45, 7) is 7.22. The summed E-state index contributed by atoms with van der Waals surface area (Å²) >= 11 is 0. The number of rotatable bonds is 68. The second-order valence-electron chi connectivity index (χ2n) is 25.0. The molecule has 0 radical (unpaired) electrons. The highest BCUT2D eigenvalue weighted by Crippen LogP contribution is 2.45. The van der Waals surface area contributed by atoms with Gasteiger partial charge in [0.1, 0.15) is 19.3 Å². The Morgan fingerprint density at radius 2 is 0.529 bits per heavy atom. The zero-order valence-electron chi connectivity index (χ0n) is 56.2. The van der Waals surface area contributed by atoms with Crippen LogP contribution in [0.3, 0.4) is 0 Å². The number of esters is 4. The van der Waals surface area contributed by atoms with Crippen molar-refractivity contribution in [3.05, 3.63) is 0 Å². The van der Waals surface area contributed by atoms with Crippen LogP contribution in [0, 0.1) is 5.92 Å². The van der Waals surface area contributed by atoms with E-state index in [1.54, 1.807) is 0 Å². The number of aliphatic hydroxyl groups is 1. The number of hydrogen-bond donors (Lipinski definition) is 3. The van der Waals surface area contributed by atoms with E-state index in [0.717, 1.165) is 95.8 Å². The summed E-state index contributed by atoms with van der Waals surface area (Å²) in [5.74, 6) is -1.34. The minimum absolute atomic E-state index is 0.106. The third-order valence-electron chi connectivity index (χ3n) is 15.8. The number of unbranched alkanes of at least 4 members (excludes halogenated alkanes) is 40. The average molecular weight is 1280 g/mol. The zero-order valence-corrected chi connectivity index (χ0v) is 57.9. The predicted molar refractivity (Wildman–Crippen MR) is 349 cm³/mol. The van der Waals surface area contributed by atoms with E-state index in [0.29, 0.717) is 25.7 Å². The lowest BCUT2D eigenvalue weighted by atomic mass is 10.0. The van der Waals surface area contributed by atoms with Gasteiger partial charge in [-0.3, -0.25) is 37.3 Å². The molecule has 2 unspecified atom stereocenters. The Labute approximate surface area is 530 Å². The van der Waals surface area contributed by atoms with Gasteiger partial charge in [0.2, 0.25) is 0 Å². The standard InChI is InChI=1S/C68H132O17P2/c1-6-9-12-15-18-21-22-24-28-33-37-42-47-52-66(71)79-58-64(85-68(73)54-49-44-39-34-29-26-23-25-27-32-35-40-45-50-61(4)5)60-83-87(76,77)81-56-62(69)55-80-86(74,75)82-59-63(84-67(72)53-48-43-38-31-20-17-14-11-8-3)57-78-65(70)51-46-41-36-30-19-16-13-10-7-2/h61-64,69H,6-60H2,1-5H3,(H,74,75)(H,76,77)/t62-,63+,64+/m0/s1. The van der Waals surface area contributed by atoms with Crippen molar-refractivity contribution in [1.29, 1.82) is 0 Å². The van der Waals surface area contributed by atoms with Crippen molar-refractivity contribution < 1.29 is 80.2 Å². The molecule has 0 aliphatic heterocycles. The number of carbonyl (C=O) groups excluding carboxylic acids is 4. The third-order valence-corrected chi connectivity index (χ3v) is 17.7. The summed E-state index contributed by atoms with van der Waals surface area (Å²) in [6, 6.07) is 0. The minimum Gasteiger partial charge on any atom is -0.462 e. The van der Waals surface area contributed by atoms with E-state index >= 15 is 0 Å². The Bertz CT molecular complexity index is 1690. The molecule has 0 rings (SSSR count). The maximum Gasteiger partial charge on any atom is 0.472 e. The van der Waals surface area contributed by atoms with Crippen molar-refractivity contribution in [3.8, 4) is 0 Å². The first-order chi connectivity index (χ1) is 42.0. The first-order valence-corrected chi connectivity index (χ1v) is 38.6. The van der Waals surface area contributed by atoms with Gasteiger partial charge in [-0.15, -0.1) is 0 Å². The van der Waals surface area contributed by atoms with E-state index < -0.39 is 97.5 Å². The quantitative estimate of drug-likeness (QED) is 0.0222. The Kier molecular flexibility index (Phi) is 60.2. The van der Waals surface area contributed by atoms with E-state index in [4.69, 9.17) is 37.0 Å². The van der Waals surface area contributed by atoms with Gasteiger partial charge in [-0.1, -0.05) is 298 Å². The smallest absolute Gasteiger partial charge is 0.462 e. The molecule has 0 aromatic heterocycles. The first-order valence-electron chi connectivity index (χ1n) is 35.6. The van der Waals surface area contributed by atoms with Gasteiger partial charge in [0.15, 0.2) is 12.2 Å². The SMILES string of the molecule is CCCCCCCCCCCCCCCC(=O)OC[C@H](COP(=O)(O)OC[C@@H](O)COP(=O)(O)OC[C@@H](COC(=O)CCCCCCCCCCC)OC(=O)CCCCCCCCCCC)OC(=O)CCCCCCCCCCCCCCCC(C)C. The second kappa shape index (κ2) is 61.6. The second-order valence-corrected chi connectivity index (χ2v) is 27.9. The summed E-state index contributed by atoms with van der Waals surface area (Å²) < 4.78 is 68.1. The normalized spacial score (nSPS) is 14.1. The number of aliphatic hydroxyl groups excluding tert-OH is 1. The molecule has 0 heterocycles. The summed E-state index contributed by atoms with van der Waals surface area (Å²) in [5, 5.41) is 10.6. The Morgan fingerprint density at radius 3 is 0.782 bits per heavy atom. The Balaban J connectivity index is 5.21. The lowest BCUT2D eigenvalue weighted by Gasteiger charge is -2.21. The van der Waals surface area contributed by atoms with Crippen LogP contribution in [0.2, 0.25) is 0 Å². The van der Waals surface area contributed by atoms with Crippen LogP contribution >= 0.6 is 15.6 Å².